The zero-order valence-electron chi connectivity index (χ0n) is 13.8. The summed E-state index contributed by atoms with van der Waals surface area (Å²) in [4.78, 5) is 14.4. The van der Waals surface area contributed by atoms with Gasteiger partial charge in [0.1, 0.15) is 0 Å². The van der Waals surface area contributed by atoms with Crippen LogP contribution in [0.2, 0.25) is 5.02 Å². The number of nitrogens with one attached hydrogen (secondary N) is 1. The summed E-state index contributed by atoms with van der Waals surface area (Å²) in [5.74, 6) is 0.575. The predicted octanol–water partition coefficient (Wildman–Crippen LogP) is 4.20. The van der Waals surface area contributed by atoms with E-state index in [4.69, 9.17) is 11.6 Å². The van der Waals surface area contributed by atoms with Crippen LogP contribution in [0.5, 0.6) is 0 Å². The standard InChI is InChI=1S/C18H21ClN4O/c1-13-12-14(19)6-7-15(13)20-17-9-8-16(21-22-17)18(24)23-10-4-2-3-5-11-23/h6-9,12H,2-5,10-11H2,1H3,(H,20,22). The number of nitrogens with zero attached hydrogens (tertiary/aromatic N) is 3. The van der Waals surface area contributed by atoms with E-state index in [0.29, 0.717) is 16.5 Å². The van der Waals surface area contributed by atoms with E-state index in [9.17, 15) is 4.79 Å². The van der Waals surface area contributed by atoms with Gasteiger partial charge >= 0.3 is 0 Å². The minimum atomic E-state index is -0.0291. The van der Waals surface area contributed by atoms with Crippen LogP contribution in [-0.4, -0.2) is 34.1 Å². The maximum Gasteiger partial charge on any atom is 0.274 e. The third-order valence-corrected chi connectivity index (χ3v) is 4.46. The van der Waals surface area contributed by atoms with Gasteiger partial charge in [-0.2, -0.15) is 0 Å². The molecule has 1 N–H and O–H groups in total. The molecule has 0 spiro atoms. The number of carbonyl (C=O) groups is 1. The summed E-state index contributed by atoms with van der Waals surface area (Å²) in [6, 6.07) is 9.12. The zero-order chi connectivity index (χ0) is 16.9. The molecule has 1 amide bonds. The molecule has 1 saturated heterocycles. The second kappa shape index (κ2) is 7.62. The van der Waals surface area contributed by atoms with Crippen molar-refractivity contribution < 1.29 is 4.79 Å². The Morgan fingerprint density at radius 3 is 2.46 bits per heavy atom. The average Bonchev–Trinajstić information content (AvgIpc) is 2.87. The molecule has 1 fully saturated rings. The molecule has 1 aliphatic heterocycles. The third kappa shape index (κ3) is 4.03. The summed E-state index contributed by atoms with van der Waals surface area (Å²) in [6.07, 6.45) is 4.51. The third-order valence-electron chi connectivity index (χ3n) is 4.23. The number of benzene rings is 1. The maximum atomic E-state index is 12.5. The molecule has 2 heterocycles. The van der Waals surface area contributed by atoms with Gasteiger partial charge in [0, 0.05) is 23.8 Å². The smallest absolute Gasteiger partial charge is 0.274 e. The van der Waals surface area contributed by atoms with Gasteiger partial charge in [0.25, 0.3) is 5.91 Å². The fourth-order valence-corrected chi connectivity index (χ4v) is 3.08. The molecule has 126 valence electrons. The van der Waals surface area contributed by atoms with Crippen LogP contribution in [0, 0.1) is 6.92 Å². The second-order valence-corrected chi connectivity index (χ2v) is 6.53. The number of aromatic nitrogens is 2. The molecule has 0 atom stereocenters. The van der Waals surface area contributed by atoms with Crippen LogP contribution in [0.3, 0.4) is 0 Å². The molecule has 5 nitrogen and oxygen atoms in total. The van der Waals surface area contributed by atoms with Crippen molar-refractivity contribution in [1.82, 2.24) is 15.1 Å². The molecule has 0 bridgehead atoms. The van der Waals surface area contributed by atoms with Gasteiger partial charge in [-0.05, 0) is 55.7 Å². The van der Waals surface area contributed by atoms with Crippen molar-refractivity contribution in [2.45, 2.75) is 32.6 Å². The number of rotatable bonds is 3. The largest absolute Gasteiger partial charge is 0.339 e. The molecule has 0 aliphatic carbocycles. The zero-order valence-corrected chi connectivity index (χ0v) is 14.5. The van der Waals surface area contributed by atoms with Gasteiger partial charge in [-0.3, -0.25) is 4.79 Å². The second-order valence-electron chi connectivity index (χ2n) is 6.09. The summed E-state index contributed by atoms with van der Waals surface area (Å²) in [6.45, 7) is 3.59. The maximum absolute atomic E-state index is 12.5. The average molecular weight is 345 g/mol. The summed E-state index contributed by atoms with van der Waals surface area (Å²) in [7, 11) is 0. The minimum Gasteiger partial charge on any atom is -0.339 e. The topological polar surface area (TPSA) is 58.1 Å². The Hall–Kier alpha value is -2.14. The molecular weight excluding hydrogens is 324 g/mol. The van der Waals surface area contributed by atoms with Gasteiger partial charge in [-0.1, -0.05) is 24.4 Å². The van der Waals surface area contributed by atoms with Gasteiger partial charge in [-0.25, -0.2) is 0 Å². The summed E-state index contributed by atoms with van der Waals surface area (Å²) >= 11 is 5.96. The fraction of sp³-hybridized carbons (Fsp3) is 0.389. The van der Waals surface area contributed by atoms with Crippen LogP contribution in [0.1, 0.15) is 41.7 Å². The van der Waals surface area contributed by atoms with E-state index in [1.54, 1.807) is 12.1 Å². The highest BCUT2D eigenvalue weighted by Gasteiger charge is 2.18. The molecule has 1 aromatic heterocycles. The number of carbonyl (C=O) groups excluding carboxylic acids is 1. The first-order chi connectivity index (χ1) is 11.6. The number of likely N-dealkylation sites (tertiary alicyclic amines) is 1. The van der Waals surface area contributed by atoms with Crippen molar-refractivity contribution in [3.63, 3.8) is 0 Å². The molecule has 0 saturated carbocycles. The molecule has 0 radical (unpaired) electrons. The van der Waals surface area contributed by atoms with E-state index in [1.807, 2.05) is 30.0 Å². The molecular formula is C18H21ClN4O. The van der Waals surface area contributed by atoms with Crippen molar-refractivity contribution in [2.24, 2.45) is 0 Å². The van der Waals surface area contributed by atoms with Gasteiger partial charge in [0.05, 0.1) is 0 Å². The lowest BCUT2D eigenvalue weighted by Gasteiger charge is -2.19. The number of halogens is 1. The van der Waals surface area contributed by atoms with E-state index in [0.717, 1.165) is 37.2 Å². The first-order valence-electron chi connectivity index (χ1n) is 8.30. The van der Waals surface area contributed by atoms with E-state index < -0.39 is 0 Å². The Kier molecular flexibility index (Phi) is 5.30. The molecule has 0 unspecified atom stereocenters. The summed E-state index contributed by atoms with van der Waals surface area (Å²) in [5.41, 5.74) is 2.34. The van der Waals surface area contributed by atoms with E-state index in [2.05, 4.69) is 15.5 Å². The number of hydrogen-bond donors (Lipinski definition) is 1. The van der Waals surface area contributed by atoms with Crippen molar-refractivity contribution in [1.29, 1.82) is 0 Å². The highest BCUT2D eigenvalue weighted by atomic mass is 35.5. The summed E-state index contributed by atoms with van der Waals surface area (Å²) in [5, 5.41) is 12.1. The van der Waals surface area contributed by atoms with Crippen LogP contribution in [0.4, 0.5) is 11.5 Å². The number of anilines is 2. The molecule has 1 aliphatic rings. The first kappa shape index (κ1) is 16.7. The number of amides is 1. The van der Waals surface area contributed by atoms with Gasteiger partial charge in [0.2, 0.25) is 0 Å². The molecule has 24 heavy (non-hydrogen) atoms. The Morgan fingerprint density at radius 2 is 1.83 bits per heavy atom. The van der Waals surface area contributed by atoms with Crippen LogP contribution >= 0.6 is 11.6 Å². The lowest BCUT2D eigenvalue weighted by atomic mass is 10.2. The molecule has 3 rings (SSSR count). The Bertz CT molecular complexity index is 709. The van der Waals surface area contributed by atoms with Crippen molar-refractivity contribution in [2.75, 3.05) is 18.4 Å². The molecule has 1 aromatic carbocycles. The van der Waals surface area contributed by atoms with Crippen LogP contribution in [0.15, 0.2) is 30.3 Å². The van der Waals surface area contributed by atoms with Gasteiger partial charge in [-0.15, -0.1) is 10.2 Å². The predicted molar refractivity (Wildman–Crippen MR) is 95.9 cm³/mol. The lowest BCUT2D eigenvalue weighted by molar-refractivity contribution is 0.0754. The SMILES string of the molecule is Cc1cc(Cl)ccc1Nc1ccc(C(=O)N2CCCCCC2)nn1. The molecule has 6 heteroatoms. The number of hydrogen-bond acceptors (Lipinski definition) is 4. The lowest BCUT2D eigenvalue weighted by Crippen LogP contribution is -2.32. The van der Waals surface area contributed by atoms with Crippen molar-refractivity contribution in [3.05, 3.63) is 46.6 Å². The minimum absolute atomic E-state index is 0.0291. The monoisotopic (exact) mass is 344 g/mol. The van der Waals surface area contributed by atoms with Gasteiger partial charge in [0.15, 0.2) is 11.5 Å². The first-order valence-corrected chi connectivity index (χ1v) is 8.67. The Balaban J connectivity index is 1.69. The van der Waals surface area contributed by atoms with Crippen molar-refractivity contribution in [3.8, 4) is 0 Å². The Labute approximate surface area is 147 Å². The number of aryl methyl sites for hydroxylation is 1. The normalized spacial score (nSPS) is 15.0. The Morgan fingerprint density at radius 1 is 1.08 bits per heavy atom. The highest BCUT2D eigenvalue weighted by Crippen LogP contribution is 2.22. The van der Waals surface area contributed by atoms with E-state index >= 15 is 0 Å². The van der Waals surface area contributed by atoms with Crippen LogP contribution < -0.4 is 5.32 Å². The van der Waals surface area contributed by atoms with Crippen LogP contribution in [-0.2, 0) is 0 Å². The van der Waals surface area contributed by atoms with E-state index in [1.165, 1.54) is 12.8 Å². The summed E-state index contributed by atoms with van der Waals surface area (Å²) < 4.78 is 0. The quantitative estimate of drug-likeness (QED) is 0.906. The van der Waals surface area contributed by atoms with Crippen molar-refractivity contribution >= 4 is 29.0 Å². The molecule has 2 aromatic rings. The van der Waals surface area contributed by atoms with Crippen LogP contribution in [0.25, 0.3) is 0 Å². The highest BCUT2D eigenvalue weighted by molar-refractivity contribution is 6.30. The van der Waals surface area contributed by atoms with Gasteiger partial charge < -0.3 is 10.2 Å². The van der Waals surface area contributed by atoms with E-state index in [-0.39, 0.29) is 5.91 Å². The fourth-order valence-electron chi connectivity index (χ4n) is 2.85.